The summed E-state index contributed by atoms with van der Waals surface area (Å²) in [6.07, 6.45) is -2.12. The van der Waals surface area contributed by atoms with Crippen LogP contribution in [0, 0.1) is 12.7 Å². The molecule has 0 saturated carbocycles. The van der Waals surface area contributed by atoms with E-state index in [-0.39, 0.29) is 25.3 Å². The number of likely N-dealkylation sites (tertiary alicyclic amines) is 1. The van der Waals surface area contributed by atoms with E-state index >= 15 is 0 Å². The molecule has 1 N–H and O–H groups in total. The van der Waals surface area contributed by atoms with Gasteiger partial charge in [-0.3, -0.25) is 9.69 Å². The molecule has 1 aromatic carbocycles. The van der Waals surface area contributed by atoms with Gasteiger partial charge in [0.15, 0.2) is 0 Å². The van der Waals surface area contributed by atoms with Gasteiger partial charge in [0.25, 0.3) is 0 Å². The number of nitrogens with zero attached hydrogens (tertiary/aromatic N) is 1. The highest BCUT2D eigenvalue weighted by Gasteiger charge is 2.41. The average Bonchev–Trinajstić information content (AvgIpc) is 2.89. The molecule has 1 aliphatic rings. The molecular formula is C18H24F2N2O3. The molecule has 2 amide bonds. The summed E-state index contributed by atoms with van der Waals surface area (Å²) in [6.45, 7) is 6.51. The predicted octanol–water partition coefficient (Wildman–Crippen LogP) is 3.10. The summed E-state index contributed by atoms with van der Waals surface area (Å²) in [5.74, 6) is -0.909. The summed E-state index contributed by atoms with van der Waals surface area (Å²) in [4.78, 5) is 25.7. The fraction of sp³-hybridized carbons (Fsp3) is 0.556. The van der Waals surface area contributed by atoms with Crippen molar-refractivity contribution in [1.29, 1.82) is 0 Å². The van der Waals surface area contributed by atoms with Crippen LogP contribution in [0.5, 0.6) is 0 Å². The summed E-state index contributed by atoms with van der Waals surface area (Å²) < 4.78 is 33.0. The van der Waals surface area contributed by atoms with E-state index in [9.17, 15) is 18.4 Å². The standard InChI is InChI=1S/C18H24F2N2O3/c1-11-6-5-7-12(15(11)20)9-21-16(23)14-8-13(19)10-22(14)17(24)25-18(2,3)4/h5-7,13-14H,8-10H2,1-4H3,(H,21,23)/t13-,14+/m1/s1. The molecule has 0 spiro atoms. The van der Waals surface area contributed by atoms with Gasteiger partial charge in [0.05, 0.1) is 6.54 Å². The van der Waals surface area contributed by atoms with E-state index in [4.69, 9.17) is 4.74 Å². The number of amides is 2. The van der Waals surface area contributed by atoms with Crippen LogP contribution in [0.25, 0.3) is 0 Å². The molecule has 0 radical (unpaired) electrons. The number of nitrogens with one attached hydrogen (secondary N) is 1. The fourth-order valence-corrected chi connectivity index (χ4v) is 2.70. The van der Waals surface area contributed by atoms with Gasteiger partial charge in [0.2, 0.25) is 5.91 Å². The molecule has 1 heterocycles. The maximum Gasteiger partial charge on any atom is 0.411 e. The first-order valence-corrected chi connectivity index (χ1v) is 8.24. The molecule has 1 fully saturated rings. The van der Waals surface area contributed by atoms with Gasteiger partial charge in [-0.1, -0.05) is 18.2 Å². The third kappa shape index (κ3) is 4.90. The van der Waals surface area contributed by atoms with Gasteiger partial charge in [-0.25, -0.2) is 13.6 Å². The van der Waals surface area contributed by atoms with Crippen molar-refractivity contribution in [3.8, 4) is 0 Å². The number of rotatable bonds is 3. The first-order chi connectivity index (χ1) is 11.6. The zero-order valence-corrected chi connectivity index (χ0v) is 14.9. The molecule has 7 heteroatoms. The molecule has 2 atom stereocenters. The zero-order valence-electron chi connectivity index (χ0n) is 14.9. The third-order valence-corrected chi connectivity index (χ3v) is 3.91. The van der Waals surface area contributed by atoms with Gasteiger partial charge in [-0.05, 0) is 33.3 Å². The van der Waals surface area contributed by atoms with E-state index in [1.165, 1.54) is 0 Å². The summed E-state index contributed by atoms with van der Waals surface area (Å²) in [6, 6.07) is 3.94. The monoisotopic (exact) mass is 354 g/mol. The molecule has 138 valence electrons. The number of hydrogen-bond acceptors (Lipinski definition) is 3. The number of halogens is 2. The quantitative estimate of drug-likeness (QED) is 0.907. The molecule has 2 rings (SSSR count). The maximum absolute atomic E-state index is 14.0. The van der Waals surface area contributed by atoms with E-state index in [1.807, 2.05) is 0 Å². The van der Waals surface area contributed by atoms with Gasteiger partial charge in [0.1, 0.15) is 23.6 Å². The van der Waals surface area contributed by atoms with Gasteiger partial charge >= 0.3 is 6.09 Å². The Morgan fingerprint density at radius 1 is 1.36 bits per heavy atom. The van der Waals surface area contributed by atoms with Crippen LogP contribution in [0.4, 0.5) is 13.6 Å². The molecule has 1 saturated heterocycles. The van der Waals surface area contributed by atoms with Crippen LogP contribution in [0.15, 0.2) is 18.2 Å². The Morgan fingerprint density at radius 2 is 2.04 bits per heavy atom. The summed E-state index contributed by atoms with van der Waals surface area (Å²) in [5, 5.41) is 2.58. The number of ether oxygens (including phenoxy) is 1. The summed E-state index contributed by atoms with van der Waals surface area (Å²) in [7, 11) is 0. The van der Waals surface area contributed by atoms with Crippen molar-refractivity contribution in [2.75, 3.05) is 6.54 Å². The number of benzene rings is 1. The highest BCUT2D eigenvalue weighted by molar-refractivity contribution is 5.86. The molecule has 5 nitrogen and oxygen atoms in total. The third-order valence-electron chi connectivity index (χ3n) is 3.91. The molecule has 1 aliphatic heterocycles. The minimum Gasteiger partial charge on any atom is -0.444 e. The lowest BCUT2D eigenvalue weighted by Crippen LogP contribution is -2.47. The molecule has 0 aliphatic carbocycles. The second-order valence-corrected chi connectivity index (χ2v) is 7.25. The van der Waals surface area contributed by atoms with Crippen LogP contribution in [0.2, 0.25) is 0 Å². The van der Waals surface area contributed by atoms with Crippen molar-refractivity contribution >= 4 is 12.0 Å². The van der Waals surface area contributed by atoms with Crippen molar-refractivity contribution in [3.05, 3.63) is 35.1 Å². The van der Waals surface area contributed by atoms with Gasteiger partial charge in [0, 0.05) is 18.5 Å². The Morgan fingerprint density at radius 3 is 2.68 bits per heavy atom. The van der Waals surface area contributed by atoms with Crippen LogP contribution >= 0.6 is 0 Å². The summed E-state index contributed by atoms with van der Waals surface area (Å²) >= 11 is 0. The van der Waals surface area contributed by atoms with Crippen molar-refractivity contribution in [2.45, 2.75) is 58.5 Å². The smallest absolute Gasteiger partial charge is 0.411 e. The van der Waals surface area contributed by atoms with Crippen LogP contribution in [0.1, 0.15) is 38.3 Å². The predicted molar refractivity (Wildman–Crippen MR) is 89.2 cm³/mol. The number of carbonyl (C=O) groups excluding carboxylic acids is 2. The van der Waals surface area contributed by atoms with Crippen LogP contribution < -0.4 is 5.32 Å². The summed E-state index contributed by atoms with van der Waals surface area (Å²) in [5.41, 5.74) is 0.0794. The lowest BCUT2D eigenvalue weighted by molar-refractivity contribution is -0.125. The SMILES string of the molecule is Cc1cccc(CNC(=O)[C@@H]2C[C@@H](F)CN2C(=O)OC(C)(C)C)c1F. The van der Waals surface area contributed by atoms with E-state index in [1.54, 1.807) is 45.9 Å². The van der Waals surface area contributed by atoms with Crippen molar-refractivity contribution < 1.29 is 23.1 Å². The van der Waals surface area contributed by atoms with E-state index in [2.05, 4.69) is 5.32 Å². The second-order valence-electron chi connectivity index (χ2n) is 7.25. The molecule has 25 heavy (non-hydrogen) atoms. The van der Waals surface area contributed by atoms with Gasteiger partial charge < -0.3 is 10.1 Å². The Bertz CT molecular complexity index is 658. The maximum atomic E-state index is 14.0. The van der Waals surface area contributed by atoms with E-state index in [0.717, 1.165) is 4.90 Å². The number of carbonyl (C=O) groups is 2. The fourth-order valence-electron chi connectivity index (χ4n) is 2.70. The number of aryl methyl sites for hydroxylation is 1. The van der Waals surface area contributed by atoms with Crippen molar-refractivity contribution in [1.82, 2.24) is 10.2 Å². The Hall–Kier alpha value is -2.18. The largest absolute Gasteiger partial charge is 0.444 e. The van der Waals surface area contributed by atoms with E-state index in [0.29, 0.717) is 11.1 Å². The minimum atomic E-state index is -1.29. The molecular weight excluding hydrogens is 330 g/mol. The molecule has 0 bridgehead atoms. The van der Waals surface area contributed by atoms with Crippen LogP contribution in [-0.4, -0.2) is 41.3 Å². The highest BCUT2D eigenvalue weighted by Crippen LogP contribution is 2.23. The van der Waals surface area contributed by atoms with Crippen molar-refractivity contribution in [3.63, 3.8) is 0 Å². The number of hydrogen-bond donors (Lipinski definition) is 1. The number of alkyl halides is 1. The van der Waals surface area contributed by atoms with Gasteiger partial charge in [-0.15, -0.1) is 0 Å². The lowest BCUT2D eigenvalue weighted by Gasteiger charge is -2.27. The normalized spacial score (nSPS) is 20.5. The molecule has 0 aromatic heterocycles. The lowest BCUT2D eigenvalue weighted by atomic mass is 10.1. The first kappa shape index (κ1) is 19.1. The van der Waals surface area contributed by atoms with E-state index < -0.39 is 29.8 Å². The van der Waals surface area contributed by atoms with Crippen LogP contribution in [0.3, 0.4) is 0 Å². The Kier molecular flexibility index (Phi) is 5.65. The zero-order chi connectivity index (χ0) is 18.8. The van der Waals surface area contributed by atoms with Crippen molar-refractivity contribution in [2.24, 2.45) is 0 Å². The Balaban J connectivity index is 2.03. The topological polar surface area (TPSA) is 58.6 Å². The average molecular weight is 354 g/mol. The van der Waals surface area contributed by atoms with Crippen LogP contribution in [-0.2, 0) is 16.1 Å². The highest BCUT2D eigenvalue weighted by atomic mass is 19.1. The van der Waals surface area contributed by atoms with Gasteiger partial charge in [-0.2, -0.15) is 0 Å². The molecule has 1 aromatic rings. The Labute approximate surface area is 146 Å². The second kappa shape index (κ2) is 7.37. The minimum absolute atomic E-state index is 0.0258. The molecule has 0 unspecified atom stereocenters. The first-order valence-electron chi connectivity index (χ1n) is 8.24.